The van der Waals surface area contributed by atoms with Gasteiger partial charge in [-0.25, -0.2) is 0 Å². The van der Waals surface area contributed by atoms with Gasteiger partial charge in [0.2, 0.25) is 0 Å². The van der Waals surface area contributed by atoms with E-state index in [1.165, 1.54) is 27.6 Å². The van der Waals surface area contributed by atoms with Gasteiger partial charge in [-0.1, -0.05) is 46.3 Å². The lowest BCUT2D eigenvalue weighted by molar-refractivity contribution is 1.33. The molecular weight excluding hydrogens is 310 g/mol. The maximum Gasteiger partial charge on any atom is 0.0460 e. The minimum atomic E-state index is 1.10. The van der Waals surface area contributed by atoms with Gasteiger partial charge >= 0.3 is 0 Å². The van der Waals surface area contributed by atoms with Crippen molar-refractivity contribution in [3.8, 4) is 0 Å². The highest BCUT2D eigenvalue weighted by molar-refractivity contribution is 9.10. The van der Waals surface area contributed by atoms with Crippen molar-refractivity contribution in [3.05, 3.63) is 69.3 Å². The van der Waals surface area contributed by atoms with Crippen LogP contribution in [0.15, 0.2) is 47.1 Å². The van der Waals surface area contributed by atoms with E-state index in [9.17, 15) is 0 Å². The summed E-state index contributed by atoms with van der Waals surface area (Å²) in [6.45, 7) is 4.29. The molecule has 0 bridgehead atoms. The zero-order valence-electron chi connectivity index (χ0n) is 11.6. The lowest BCUT2D eigenvalue weighted by Gasteiger charge is -2.00. The van der Waals surface area contributed by atoms with Gasteiger partial charge in [-0.3, -0.25) is 0 Å². The Kier molecular flexibility index (Phi) is 3.49. The van der Waals surface area contributed by atoms with Crippen LogP contribution in [0, 0.1) is 13.8 Å². The molecule has 1 aromatic heterocycles. The predicted octanol–water partition coefficient (Wildman–Crippen LogP) is 5.72. The number of halogens is 1. The molecule has 3 rings (SSSR count). The van der Waals surface area contributed by atoms with Gasteiger partial charge in [0.15, 0.2) is 0 Å². The number of rotatable bonds is 2. The summed E-state index contributed by atoms with van der Waals surface area (Å²) in [5, 5.41) is 1.24. The van der Waals surface area contributed by atoms with Crippen LogP contribution in [0.2, 0.25) is 0 Å². The van der Waals surface area contributed by atoms with Crippen molar-refractivity contribution in [1.29, 1.82) is 0 Å². The Balaban J connectivity index is 1.97. The van der Waals surface area contributed by atoms with Gasteiger partial charge in [0, 0.05) is 21.6 Å². The van der Waals surface area contributed by atoms with Crippen LogP contribution in [-0.4, -0.2) is 4.98 Å². The maximum atomic E-state index is 3.53. The van der Waals surface area contributed by atoms with Crippen LogP contribution in [0.4, 0.5) is 0 Å². The first-order valence-electron chi connectivity index (χ1n) is 6.65. The molecule has 0 saturated heterocycles. The molecule has 0 atom stereocenters. The van der Waals surface area contributed by atoms with E-state index in [0.717, 1.165) is 9.99 Å². The van der Waals surface area contributed by atoms with Crippen molar-refractivity contribution < 1.29 is 0 Å². The number of H-pyrrole nitrogens is 1. The highest BCUT2D eigenvalue weighted by Crippen LogP contribution is 2.24. The Morgan fingerprint density at radius 2 is 1.80 bits per heavy atom. The summed E-state index contributed by atoms with van der Waals surface area (Å²) in [6.07, 6.45) is 6.37. The Labute approximate surface area is 127 Å². The fourth-order valence-electron chi connectivity index (χ4n) is 2.31. The average Bonchev–Trinajstić information content (AvgIpc) is 2.82. The Bertz CT molecular complexity index is 796. The molecule has 0 fully saturated rings. The van der Waals surface area contributed by atoms with Gasteiger partial charge in [0.25, 0.3) is 0 Å². The number of benzene rings is 2. The molecular formula is C18H16BrN. The summed E-state index contributed by atoms with van der Waals surface area (Å²) in [4.78, 5) is 3.30. The molecule has 0 saturated carbocycles. The number of fused-ring (bicyclic) bond motifs is 1. The predicted molar refractivity (Wildman–Crippen MR) is 90.8 cm³/mol. The van der Waals surface area contributed by atoms with E-state index >= 15 is 0 Å². The molecule has 1 nitrogen and oxygen atoms in total. The van der Waals surface area contributed by atoms with Crippen LogP contribution >= 0.6 is 15.9 Å². The topological polar surface area (TPSA) is 15.8 Å². The number of aryl methyl sites for hydroxylation is 2. The molecule has 1 N–H and O–H groups in total. The summed E-state index contributed by atoms with van der Waals surface area (Å²) in [6, 6.07) is 12.8. The zero-order valence-corrected chi connectivity index (χ0v) is 13.2. The Morgan fingerprint density at radius 3 is 2.60 bits per heavy atom. The SMILES string of the molecule is Cc1ccc(/C=C/c2c[nH]c3ccc(Br)cc23)cc1C. The van der Waals surface area contributed by atoms with E-state index in [1.54, 1.807) is 0 Å². The highest BCUT2D eigenvalue weighted by atomic mass is 79.9. The standard InChI is InChI=1S/C18H16BrN/c1-12-3-4-14(9-13(12)2)5-6-15-11-20-18-8-7-16(19)10-17(15)18/h3-11,20H,1-2H3/b6-5+. The first kappa shape index (κ1) is 13.2. The van der Waals surface area contributed by atoms with Crippen molar-refractivity contribution in [1.82, 2.24) is 4.98 Å². The zero-order chi connectivity index (χ0) is 14.1. The van der Waals surface area contributed by atoms with Crippen LogP contribution in [0.25, 0.3) is 23.1 Å². The second kappa shape index (κ2) is 5.29. The molecule has 0 amide bonds. The van der Waals surface area contributed by atoms with Crippen LogP contribution in [0.5, 0.6) is 0 Å². The summed E-state index contributed by atoms with van der Waals surface area (Å²) >= 11 is 3.53. The largest absolute Gasteiger partial charge is 0.361 e. The monoisotopic (exact) mass is 325 g/mol. The van der Waals surface area contributed by atoms with Gasteiger partial charge in [-0.05, 0) is 54.3 Å². The number of nitrogens with one attached hydrogen (secondary N) is 1. The van der Waals surface area contributed by atoms with Crippen LogP contribution in [-0.2, 0) is 0 Å². The third kappa shape index (κ3) is 2.56. The molecule has 2 aromatic carbocycles. The van der Waals surface area contributed by atoms with E-state index in [0.29, 0.717) is 0 Å². The average molecular weight is 326 g/mol. The van der Waals surface area contributed by atoms with Crippen LogP contribution in [0.3, 0.4) is 0 Å². The molecule has 0 aliphatic heterocycles. The molecule has 0 aliphatic carbocycles. The van der Waals surface area contributed by atoms with E-state index in [2.05, 4.69) is 89.5 Å². The van der Waals surface area contributed by atoms with Crippen molar-refractivity contribution >= 4 is 39.0 Å². The van der Waals surface area contributed by atoms with Crippen molar-refractivity contribution in [2.45, 2.75) is 13.8 Å². The van der Waals surface area contributed by atoms with Gasteiger partial charge in [0.1, 0.15) is 0 Å². The minimum Gasteiger partial charge on any atom is -0.361 e. The number of aromatic amines is 1. The van der Waals surface area contributed by atoms with E-state index in [-0.39, 0.29) is 0 Å². The van der Waals surface area contributed by atoms with E-state index in [1.807, 2.05) is 0 Å². The van der Waals surface area contributed by atoms with Crippen LogP contribution < -0.4 is 0 Å². The minimum absolute atomic E-state index is 1.10. The number of hydrogen-bond donors (Lipinski definition) is 1. The van der Waals surface area contributed by atoms with Gasteiger partial charge in [-0.2, -0.15) is 0 Å². The Morgan fingerprint density at radius 1 is 0.950 bits per heavy atom. The van der Waals surface area contributed by atoms with Crippen LogP contribution in [0.1, 0.15) is 22.3 Å². The summed E-state index contributed by atoms with van der Waals surface area (Å²) in [5.41, 5.74) is 6.26. The second-order valence-corrected chi connectivity index (χ2v) is 6.03. The number of aromatic nitrogens is 1. The maximum absolute atomic E-state index is 3.53. The quantitative estimate of drug-likeness (QED) is 0.620. The van der Waals surface area contributed by atoms with E-state index in [4.69, 9.17) is 0 Å². The molecule has 0 unspecified atom stereocenters. The van der Waals surface area contributed by atoms with Gasteiger partial charge in [0.05, 0.1) is 0 Å². The molecule has 0 spiro atoms. The van der Waals surface area contributed by atoms with Crippen molar-refractivity contribution in [2.75, 3.05) is 0 Å². The summed E-state index contributed by atoms with van der Waals surface area (Å²) < 4.78 is 1.10. The normalized spacial score (nSPS) is 11.6. The van der Waals surface area contributed by atoms with Crippen molar-refractivity contribution in [2.24, 2.45) is 0 Å². The van der Waals surface area contributed by atoms with Crippen molar-refractivity contribution in [3.63, 3.8) is 0 Å². The third-order valence-corrected chi connectivity index (χ3v) is 4.16. The molecule has 0 aliphatic rings. The molecule has 2 heteroatoms. The molecule has 3 aromatic rings. The second-order valence-electron chi connectivity index (χ2n) is 5.11. The molecule has 20 heavy (non-hydrogen) atoms. The number of hydrogen-bond acceptors (Lipinski definition) is 0. The first-order chi connectivity index (χ1) is 9.63. The van der Waals surface area contributed by atoms with Gasteiger partial charge in [-0.15, -0.1) is 0 Å². The molecule has 1 heterocycles. The lowest BCUT2D eigenvalue weighted by atomic mass is 10.1. The molecule has 0 radical (unpaired) electrons. The van der Waals surface area contributed by atoms with Gasteiger partial charge < -0.3 is 4.98 Å². The Hall–Kier alpha value is -1.80. The third-order valence-electron chi connectivity index (χ3n) is 3.66. The fraction of sp³-hybridized carbons (Fsp3) is 0.111. The highest BCUT2D eigenvalue weighted by Gasteiger charge is 2.01. The van der Waals surface area contributed by atoms with E-state index < -0.39 is 0 Å². The lowest BCUT2D eigenvalue weighted by Crippen LogP contribution is -1.81. The smallest absolute Gasteiger partial charge is 0.0460 e. The fourth-order valence-corrected chi connectivity index (χ4v) is 2.67. The summed E-state index contributed by atoms with van der Waals surface area (Å²) in [5.74, 6) is 0. The molecule has 100 valence electrons. The first-order valence-corrected chi connectivity index (χ1v) is 7.45. The summed E-state index contributed by atoms with van der Waals surface area (Å²) in [7, 11) is 0.